The number of aliphatic hydroxyl groups excluding tert-OH is 1. The number of amides is 1. The molecule has 0 fully saturated rings. The molecule has 0 aliphatic rings. The molecule has 4 N–H and O–H groups in total. The maximum Gasteiger partial charge on any atom is 0.292 e. The highest BCUT2D eigenvalue weighted by Crippen LogP contribution is 2.34. The summed E-state index contributed by atoms with van der Waals surface area (Å²) in [6.45, 7) is 0. The zero-order valence-electron chi connectivity index (χ0n) is 9.50. The van der Waals surface area contributed by atoms with Gasteiger partial charge in [0.05, 0.1) is 0 Å². The van der Waals surface area contributed by atoms with E-state index in [4.69, 9.17) is 22.4 Å². The van der Waals surface area contributed by atoms with Crippen LogP contribution in [0.3, 0.4) is 0 Å². The lowest BCUT2D eigenvalue weighted by Crippen LogP contribution is -2.14. The summed E-state index contributed by atoms with van der Waals surface area (Å²) in [5.74, 6) is -1.34. The lowest BCUT2D eigenvalue weighted by Gasteiger charge is -2.00. The van der Waals surface area contributed by atoms with Crippen molar-refractivity contribution in [3.8, 4) is 10.6 Å². The second-order valence-electron chi connectivity index (χ2n) is 3.39. The van der Waals surface area contributed by atoms with Crippen LogP contribution < -0.4 is 11.1 Å². The minimum absolute atomic E-state index is 0.141. The molecule has 19 heavy (non-hydrogen) atoms. The summed E-state index contributed by atoms with van der Waals surface area (Å²) < 4.78 is 0. The first-order chi connectivity index (χ1) is 9.11. The lowest BCUT2D eigenvalue weighted by molar-refractivity contribution is -0.115. The zero-order chi connectivity index (χ0) is 13.8. The van der Waals surface area contributed by atoms with E-state index in [0.717, 1.165) is 11.8 Å². The van der Waals surface area contributed by atoms with Gasteiger partial charge in [0.1, 0.15) is 10.0 Å². The smallest absolute Gasteiger partial charge is 0.292 e. The molecule has 2 aromatic heterocycles. The van der Waals surface area contributed by atoms with Crippen LogP contribution in [0.25, 0.3) is 10.6 Å². The van der Waals surface area contributed by atoms with E-state index in [2.05, 4.69) is 15.3 Å². The number of carbonyl (C=O) groups excluding carboxylic acids is 1. The molecule has 0 aliphatic heterocycles. The second-order valence-corrected chi connectivity index (χ2v) is 4.74. The Labute approximate surface area is 117 Å². The average molecular weight is 297 g/mol. The predicted octanol–water partition coefficient (Wildman–Crippen LogP) is 2.16. The van der Waals surface area contributed by atoms with Gasteiger partial charge in [0, 0.05) is 24.2 Å². The number of halogens is 1. The molecule has 2 heterocycles. The van der Waals surface area contributed by atoms with E-state index >= 15 is 0 Å². The van der Waals surface area contributed by atoms with Crippen LogP contribution in [0.4, 0.5) is 5.00 Å². The molecule has 6 nitrogen and oxygen atoms in total. The van der Waals surface area contributed by atoms with Crippen molar-refractivity contribution < 1.29 is 9.90 Å². The van der Waals surface area contributed by atoms with Gasteiger partial charge in [0.2, 0.25) is 0 Å². The number of aliphatic hydroxyl groups is 1. The Morgan fingerprint density at radius 1 is 1.58 bits per heavy atom. The molecule has 0 saturated heterocycles. The molecule has 2 aromatic rings. The van der Waals surface area contributed by atoms with Crippen molar-refractivity contribution in [3.05, 3.63) is 41.6 Å². The summed E-state index contributed by atoms with van der Waals surface area (Å²) in [5, 5.41) is 12.7. The predicted molar refractivity (Wildman–Crippen MR) is 73.9 cm³/mol. The number of hydrogen-bond donors (Lipinski definition) is 3. The highest BCUT2D eigenvalue weighted by molar-refractivity contribution is 7.19. The van der Waals surface area contributed by atoms with Gasteiger partial charge < -0.3 is 16.2 Å². The fourth-order valence-corrected chi connectivity index (χ4v) is 2.37. The highest BCUT2D eigenvalue weighted by atomic mass is 35.5. The summed E-state index contributed by atoms with van der Waals surface area (Å²) >= 11 is 7.09. The largest absolute Gasteiger partial charge is 0.502 e. The molecule has 0 radical (unpaired) electrons. The highest BCUT2D eigenvalue weighted by Gasteiger charge is 2.15. The molecule has 0 atom stereocenters. The van der Waals surface area contributed by atoms with E-state index < -0.39 is 11.7 Å². The third kappa shape index (κ3) is 3.01. The van der Waals surface area contributed by atoms with Gasteiger partial charge in [-0.1, -0.05) is 22.9 Å². The van der Waals surface area contributed by atoms with E-state index in [-0.39, 0.29) is 5.15 Å². The van der Waals surface area contributed by atoms with Crippen LogP contribution in [0.2, 0.25) is 5.15 Å². The molecular weight excluding hydrogens is 288 g/mol. The molecule has 0 spiro atoms. The normalized spacial score (nSPS) is 11.3. The van der Waals surface area contributed by atoms with Crippen LogP contribution in [0.1, 0.15) is 0 Å². The van der Waals surface area contributed by atoms with Gasteiger partial charge in [-0.05, 0) is 12.1 Å². The molecular formula is C11H9ClN4O2S. The maximum atomic E-state index is 11.4. The summed E-state index contributed by atoms with van der Waals surface area (Å²) in [4.78, 5) is 19.5. The van der Waals surface area contributed by atoms with Crippen molar-refractivity contribution in [1.82, 2.24) is 9.97 Å². The van der Waals surface area contributed by atoms with Gasteiger partial charge in [-0.2, -0.15) is 0 Å². The van der Waals surface area contributed by atoms with Crippen LogP contribution in [-0.2, 0) is 4.79 Å². The molecule has 8 heteroatoms. The third-order valence-corrected chi connectivity index (χ3v) is 3.52. The number of anilines is 1. The van der Waals surface area contributed by atoms with Crippen molar-refractivity contribution in [3.63, 3.8) is 0 Å². The second kappa shape index (κ2) is 5.68. The Bertz CT molecular complexity index is 627. The van der Waals surface area contributed by atoms with E-state index in [1.807, 2.05) is 6.07 Å². The number of pyridine rings is 1. The standard InChI is InChI=1S/C11H9ClN4O2S/c12-8-11(16-9(18)7(17)4-13)19-10(15-8)6-2-1-3-14-5-6/h1-5,17H,13H2,(H,16,18)/b7-4-. The van der Waals surface area contributed by atoms with E-state index in [0.29, 0.717) is 10.0 Å². The molecule has 0 aliphatic carbocycles. The van der Waals surface area contributed by atoms with Gasteiger partial charge in [0.25, 0.3) is 5.91 Å². The summed E-state index contributed by atoms with van der Waals surface area (Å²) in [7, 11) is 0. The number of rotatable bonds is 3. The number of nitrogens with zero attached hydrogens (tertiary/aromatic N) is 2. The van der Waals surface area contributed by atoms with Gasteiger partial charge in [0.15, 0.2) is 10.9 Å². The number of nitrogens with two attached hydrogens (primary N) is 1. The first kappa shape index (κ1) is 13.3. The van der Waals surface area contributed by atoms with E-state index in [9.17, 15) is 4.79 Å². The molecule has 0 aromatic carbocycles. The Morgan fingerprint density at radius 3 is 3.00 bits per heavy atom. The summed E-state index contributed by atoms with van der Waals surface area (Å²) in [6, 6.07) is 3.59. The number of aromatic nitrogens is 2. The Hall–Kier alpha value is -2.12. The van der Waals surface area contributed by atoms with Gasteiger partial charge in [-0.3, -0.25) is 9.78 Å². The van der Waals surface area contributed by atoms with Gasteiger partial charge in [-0.15, -0.1) is 0 Å². The number of carbonyl (C=O) groups is 1. The molecule has 2 rings (SSSR count). The maximum absolute atomic E-state index is 11.4. The molecule has 0 saturated carbocycles. The van der Waals surface area contributed by atoms with E-state index in [1.54, 1.807) is 18.5 Å². The van der Waals surface area contributed by atoms with Crippen molar-refractivity contribution in [1.29, 1.82) is 0 Å². The van der Waals surface area contributed by atoms with Gasteiger partial charge >= 0.3 is 0 Å². The fraction of sp³-hybridized carbons (Fsp3) is 0. The minimum Gasteiger partial charge on any atom is -0.502 e. The number of hydrogen-bond acceptors (Lipinski definition) is 6. The molecule has 1 amide bonds. The first-order valence-electron chi connectivity index (χ1n) is 5.10. The van der Waals surface area contributed by atoms with Crippen LogP contribution in [0.5, 0.6) is 0 Å². The summed E-state index contributed by atoms with van der Waals surface area (Å²) in [5.41, 5.74) is 5.82. The average Bonchev–Trinajstić information content (AvgIpc) is 2.80. The Kier molecular flexibility index (Phi) is 3.98. The van der Waals surface area contributed by atoms with Crippen LogP contribution >= 0.6 is 22.9 Å². The van der Waals surface area contributed by atoms with Crippen molar-refractivity contribution in [2.24, 2.45) is 5.73 Å². The van der Waals surface area contributed by atoms with Crippen molar-refractivity contribution in [2.45, 2.75) is 0 Å². The zero-order valence-corrected chi connectivity index (χ0v) is 11.1. The van der Waals surface area contributed by atoms with Crippen molar-refractivity contribution >= 4 is 33.8 Å². The van der Waals surface area contributed by atoms with Crippen LogP contribution in [-0.4, -0.2) is 21.0 Å². The first-order valence-corrected chi connectivity index (χ1v) is 6.30. The number of thiazole rings is 1. The Balaban J connectivity index is 2.25. The minimum atomic E-state index is -0.745. The quantitative estimate of drug-likeness (QED) is 0.595. The monoisotopic (exact) mass is 296 g/mol. The van der Waals surface area contributed by atoms with Crippen LogP contribution in [0.15, 0.2) is 36.5 Å². The molecule has 0 bridgehead atoms. The van der Waals surface area contributed by atoms with Gasteiger partial charge in [-0.25, -0.2) is 4.98 Å². The molecule has 98 valence electrons. The fourth-order valence-electron chi connectivity index (χ4n) is 1.23. The molecule has 0 unspecified atom stereocenters. The number of nitrogens with one attached hydrogen (secondary N) is 1. The Morgan fingerprint density at radius 2 is 2.37 bits per heavy atom. The third-order valence-electron chi connectivity index (χ3n) is 2.11. The van der Waals surface area contributed by atoms with Crippen molar-refractivity contribution in [2.75, 3.05) is 5.32 Å². The summed E-state index contributed by atoms with van der Waals surface area (Å²) in [6.07, 6.45) is 4.08. The topological polar surface area (TPSA) is 101 Å². The van der Waals surface area contributed by atoms with Crippen LogP contribution in [0, 0.1) is 0 Å². The lowest BCUT2D eigenvalue weighted by atomic mass is 10.3. The van der Waals surface area contributed by atoms with E-state index in [1.165, 1.54) is 11.3 Å². The SMILES string of the molecule is N/C=C(\O)C(=O)Nc1sc(-c2cccnc2)nc1Cl.